The van der Waals surface area contributed by atoms with E-state index in [1.807, 2.05) is 55.5 Å². The average molecular weight is 389 g/mol. The minimum Gasteiger partial charge on any atom is -0.354 e. The van der Waals surface area contributed by atoms with E-state index < -0.39 is 4.75 Å². The number of rotatable bonds is 5. The van der Waals surface area contributed by atoms with Gasteiger partial charge in [0.2, 0.25) is 5.91 Å². The molecule has 1 aliphatic rings. The highest BCUT2D eigenvalue weighted by atomic mass is 35.5. The van der Waals surface area contributed by atoms with E-state index in [-0.39, 0.29) is 11.8 Å². The van der Waals surface area contributed by atoms with Gasteiger partial charge in [-0.05, 0) is 50.1 Å². The van der Waals surface area contributed by atoms with Crippen molar-refractivity contribution in [2.45, 2.75) is 29.9 Å². The molecule has 2 amide bonds. The largest absolute Gasteiger partial charge is 0.354 e. The summed E-state index contributed by atoms with van der Waals surface area (Å²) in [7, 11) is 0. The molecule has 4 nitrogen and oxygen atoms in total. The van der Waals surface area contributed by atoms with Crippen LogP contribution in [0.3, 0.4) is 0 Å². The monoisotopic (exact) mass is 388 g/mol. The Hall–Kier alpha value is -1.98. The van der Waals surface area contributed by atoms with Crippen molar-refractivity contribution in [2.24, 2.45) is 0 Å². The van der Waals surface area contributed by atoms with E-state index in [1.165, 1.54) is 11.8 Å². The first kappa shape index (κ1) is 18.8. The third kappa shape index (κ3) is 3.60. The quantitative estimate of drug-likeness (QED) is 0.790. The first-order valence-corrected chi connectivity index (χ1v) is 9.78. The van der Waals surface area contributed by atoms with Crippen LogP contribution in [0.1, 0.15) is 19.4 Å². The molecule has 136 valence electrons. The number of thioether (sulfide) groups is 1. The number of hydrogen-bond donors (Lipinski definition) is 1. The number of benzene rings is 2. The lowest BCUT2D eigenvalue weighted by Gasteiger charge is -2.38. The van der Waals surface area contributed by atoms with Crippen LogP contribution in [0.25, 0.3) is 0 Å². The van der Waals surface area contributed by atoms with Crippen LogP contribution in [-0.2, 0) is 16.0 Å². The molecule has 0 fully saturated rings. The number of halogens is 1. The second-order valence-electron chi connectivity index (χ2n) is 6.29. The van der Waals surface area contributed by atoms with Crippen molar-refractivity contribution < 1.29 is 9.59 Å². The number of nitrogens with zero attached hydrogens (tertiary/aromatic N) is 1. The molecule has 1 aliphatic heterocycles. The third-order valence-electron chi connectivity index (χ3n) is 4.46. The summed E-state index contributed by atoms with van der Waals surface area (Å²) in [5, 5.41) is 3.59. The van der Waals surface area contributed by atoms with Crippen molar-refractivity contribution in [2.75, 3.05) is 18.0 Å². The predicted molar refractivity (Wildman–Crippen MR) is 107 cm³/mol. The van der Waals surface area contributed by atoms with Crippen LogP contribution < -0.4 is 10.2 Å². The summed E-state index contributed by atoms with van der Waals surface area (Å²) >= 11 is 7.31. The third-order valence-corrected chi connectivity index (χ3v) is 6.03. The molecule has 1 unspecified atom stereocenters. The Morgan fingerprint density at radius 1 is 1.23 bits per heavy atom. The zero-order chi connectivity index (χ0) is 18.7. The van der Waals surface area contributed by atoms with Gasteiger partial charge in [0, 0.05) is 23.0 Å². The highest BCUT2D eigenvalue weighted by molar-refractivity contribution is 8.02. The maximum Gasteiger partial charge on any atom is 0.252 e. The minimum atomic E-state index is -1.17. The Balaban J connectivity index is 1.72. The number of nitrogens with one attached hydrogen (secondary N) is 1. The topological polar surface area (TPSA) is 49.4 Å². The molecule has 26 heavy (non-hydrogen) atoms. The molecule has 0 radical (unpaired) electrons. The summed E-state index contributed by atoms with van der Waals surface area (Å²) in [6.45, 7) is 4.60. The van der Waals surface area contributed by atoms with E-state index in [0.29, 0.717) is 24.5 Å². The van der Waals surface area contributed by atoms with Crippen molar-refractivity contribution in [3.05, 3.63) is 59.1 Å². The number of carbonyl (C=O) groups excluding carboxylic acids is 2. The summed E-state index contributed by atoms with van der Waals surface area (Å²) in [6.07, 6.45) is 0.662. The Bertz CT molecular complexity index is 842. The van der Waals surface area contributed by atoms with Crippen LogP contribution in [0.2, 0.25) is 5.02 Å². The van der Waals surface area contributed by atoms with Gasteiger partial charge in [-0.15, -0.1) is 0 Å². The van der Waals surface area contributed by atoms with Crippen LogP contribution >= 0.6 is 23.4 Å². The van der Waals surface area contributed by atoms with Gasteiger partial charge in [-0.2, -0.15) is 0 Å². The van der Waals surface area contributed by atoms with Crippen molar-refractivity contribution in [3.8, 4) is 0 Å². The molecule has 1 heterocycles. The smallest absolute Gasteiger partial charge is 0.252 e. The fourth-order valence-corrected chi connectivity index (χ4v) is 4.48. The minimum absolute atomic E-state index is 0.177. The summed E-state index contributed by atoms with van der Waals surface area (Å²) in [6, 6.07) is 15.2. The first-order valence-electron chi connectivity index (χ1n) is 8.58. The standard InChI is InChI=1S/C20H21ClN2O2S/c1-3-23-16-9-4-5-10-17(16)26-20(2,19(23)25)18(24)22-12-11-14-7-6-8-15(21)13-14/h4-10,13H,3,11-12H2,1-2H3,(H,22,24). The first-order chi connectivity index (χ1) is 12.5. The van der Waals surface area contributed by atoms with E-state index in [0.717, 1.165) is 16.1 Å². The molecular weight excluding hydrogens is 368 g/mol. The second-order valence-corrected chi connectivity index (χ2v) is 8.19. The molecule has 0 spiro atoms. The lowest BCUT2D eigenvalue weighted by Crippen LogP contribution is -2.56. The summed E-state index contributed by atoms with van der Waals surface area (Å²) in [4.78, 5) is 28.5. The molecular formula is C20H21ClN2O2S. The molecule has 1 atom stereocenters. The van der Waals surface area contributed by atoms with Gasteiger partial charge < -0.3 is 10.2 Å². The van der Waals surface area contributed by atoms with Gasteiger partial charge in [0.15, 0.2) is 4.75 Å². The number of fused-ring (bicyclic) bond motifs is 1. The van der Waals surface area contributed by atoms with Crippen molar-refractivity contribution >= 4 is 40.9 Å². The number of para-hydroxylation sites is 1. The van der Waals surface area contributed by atoms with E-state index in [2.05, 4.69) is 5.32 Å². The van der Waals surface area contributed by atoms with E-state index in [9.17, 15) is 9.59 Å². The summed E-state index contributed by atoms with van der Waals surface area (Å²) < 4.78 is -1.17. The molecule has 3 rings (SSSR count). The van der Waals surface area contributed by atoms with E-state index in [1.54, 1.807) is 11.8 Å². The molecule has 1 N–H and O–H groups in total. The summed E-state index contributed by atoms with van der Waals surface area (Å²) in [5.74, 6) is -0.438. The van der Waals surface area contributed by atoms with Gasteiger partial charge in [-0.3, -0.25) is 9.59 Å². The second kappa shape index (κ2) is 7.72. The maximum atomic E-state index is 13.0. The zero-order valence-electron chi connectivity index (χ0n) is 14.8. The molecule has 2 aromatic carbocycles. The van der Waals surface area contributed by atoms with Crippen molar-refractivity contribution in [1.82, 2.24) is 5.32 Å². The van der Waals surface area contributed by atoms with Gasteiger partial charge >= 0.3 is 0 Å². The molecule has 0 saturated carbocycles. The van der Waals surface area contributed by atoms with Crippen LogP contribution in [0, 0.1) is 0 Å². The Labute approximate surface area is 162 Å². The molecule has 0 aromatic heterocycles. The van der Waals surface area contributed by atoms with Gasteiger partial charge in [-0.1, -0.05) is 47.6 Å². The molecule has 0 bridgehead atoms. The lowest BCUT2D eigenvalue weighted by atomic mass is 10.1. The fourth-order valence-electron chi connectivity index (χ4n) is 3.04. The number of carbonyl (C=O) groups is 2. The number of hydrogen-bond acceptors (Lipinski definition) is 3. The highest BCUT2D eigenvalue weighted by Gasteiger charge is 2.48. The van der Waals surface area contributed by atoms with Crippen molar-refractivity contribution in [1.29, 1.82) is 0 Å². The van der Waals surface area contributed by atoms with E-state index >= 15 is 0 Å². The lowest BCUT2D eigenvalue weighted by molar-refractivity contribution is -0.131. The van der Waals surface area contributed by atoms with Crippen LogP contribution in [-0.4, -0.2) is 29.7 Å². The molecule has 2 aromatic rings. The van der Waals surface area contributed by atoms with Gasteiger partial charge in [0.1, 0.15) is 0 Å². The van der Waals surface area contributed by atoms with Crippen LogP contribution in [0.15, 0.2) is 53.4 Å². The van der Waals surface area contributed by atoms with Crippen molar-refractivity contribution in [3.63, 3.8) is 0 Å². The number of amides is 2. The molecule has 0 saturated heterocycles. The highest BCUT2D eigenvalue weighted by Crippen LogP contribution is 2.45. The van der Waals surface area contributed by atoms with E-state index in [4.69, 9.17) is 11.6 Å². The molecule has 0 aliphatic carbocycles. The Morgan fingerprint density at radius 3 is 2.73 bits per heavy atom. The maximum absolute atomic E-state index is 13.0. The van der Waals surface area contributed by atoms with Gasteiger partial charge in [-0.25, -0.2) is 0 Å². The Morgan fingerprint density at radius 2 is 2.00 bits per heavy atom. The fraction of sp³-hybridized carbons (Fsp3) is 0.300. The van der Waals surface area contributed by atoms with Gasteiger partial charge in [0.05, 0.1) is 5.69 Å². The number of anilines is 1. The van der Waals surface area contributed by atoms with Crippen LogP contribution in [0.5, 0.6) is 0 Å². The average Bonchev–Trinajstić information content (AvgIpc) is 2.63. The SMILES string of the molecule is CCN1C(=O)C(C)(C(=O)NCCc2cccc(Cl)c2)Sc2ccccc21. The van der Waals surface area contributed by atoms with Gasteiger partial charge in [0.25, 0.3) is 5.91 Å². The Kier molecular flexibility index (Phi) is 5.58. The predicted octanol–water partition coefficient (Wildman–Crippen LogP) is 3.92. The van der Waals surface area contributed by atoms with Crippen LogP contribution in [0.4, 0.5) is 5.69 Å². The zero-order valence-corrected chi connectivity index (χ0v) is 16.4. The summed E-state index contributed by atoms with van der Waals surface area (Å²) in [5.41, 5.74) is 1.92. The molecule has 6 heteroatoms. The normalized spacial score (nSPS) is 19.2.